The Kier molecular flexibility index (Phi) is 9.71. The summed E-state index contributed by atoms with van der Waals surface area (Å²) in [6, 6.07) is 13.6. The third-order valence-corrected chi connectivity index (χ3v) is 8.21. The highest BCUT2D eigenvalue weighted by molar-refractivity contribution is 6.28. The predicted molar refractivity (Wildman–Crippen MR) is 162 cm³/mol. The highest BCUT2D eigenvalue weighted by atomic mass is 16.7. The normalized spacial score (nSPS) is 26.4. The average Bonchev–Trinajstić information content (AvgIpc) is 3.03. The lowest BCUT2D eigenvalue weighted by Gasteiger charge is -2.47. The van der Waals surface area contributed by atoms with Crippen LogP contribution in [0, 0.1) is 5.92 Å². The minimum absolute atomic E-state index is 0.109. The number of methoxy groups -OCH3 is 1. The minimum Gasteiger partial charge on any atom is -0.497 e. The molecule has 7 atom stereocenters. The van der Waals surface area contributed by atoms with Gasteiger partial charge in [-0.3, -0.25) is 28.8 Å². The predicted octanol–water partition coefficient (Wildman–Crippen LogP) is 3.47. The van der Waals surface area contributed by atoms with Gasteiger partial charge in [-0.05, 0) is 17.7 Å². The molecule has 3 aliphatic rings. The van der Waals surface area contributed by atoms with E-state index in [1.165, 1.54) is 14.0 Å². The number of ketones is 2. The summed E-state index contributed by atoms with van der Waals surface area (Å²) in [6.07, 6.45) is -3.26. The molecule has 2 unspecified atom stereocenters. The Balaban J connectivity index is 1.69. The van der Waals surface area contributed by atoms with Crippen LogP contribution in [0.3, 0.4) is 0 Å². The third kappa shape index (κ3) is 6.73. The van der Waals surface area contributed by atoms with Gasteiger partial charge in [0.05, 0.1) is 7.11 Å². The highest BCUT2D eigenvalue weighted by Gasteiger charge is 2.56. The molecule has 2 aromatic carbocycles. The van der Waals surface area contributed by atoms with Gasteiger partial charge in [0.15, 0.2) is 29.9 Å². The fourth-order valence-corrected chi connectivity index (χ4v) is 6.39. The molecule has 1 heterocycles. The van der Waals surface area contributed by atoms with Gasteiger partial charge in [-0.15, -0.1) is 0 Å². The fourth-order valence-electron chi connectivity index (χ4n) is 6.39. The van der Waals surface area contributed by atoms with Crippen molar-refractivity contribution in [3.63, 3.8) is 0 Å². The van der Waals surface area contributed by atoms with Crippen LogP contribution < -0.4 is 4.74 Å². The van der Waals surface area contributed by atoms with Crippen molar-refractivity contribution in [2.24, 2.45) is 5.92 Å². The quantitative estimate of drug-likeness (QED) is 0.234. The Morgan fingerprint density at radius 2 is 1.23 bits per heavy atom. The van der Waals surface area contributed by atoms with E-state index in [9.17, 15) is 28.8 Å². The van der Waals surface area contributed by atoms with E-state index in [0.29, 0.717) is 5.75 Å². The molecule has 0 aromatic heterocycles. The van der Waals surface area contributed by atoms with Gasteiger partial charge in [-0.2, -0.15) is 0 Å². The first kappa shape index (κ1) is 33.3. The summed E-state index contributed by atoms with van der Waals surface area (Å²) in [5.41, 5.74) is 1.47. The lowest BCUT2D eigenvalue weighted by Crippen LogP contribution is -2.64. The molecule has 12 heteroatoms. The number of allylic oxidation sites excluding steroid dienone is 2. The lowest BCUT2D eigenvalue weighted by molar-refractivity contribution is -0.256. The molecule has 0 radical (unpaired) electrons. The van der Waals surface area contributed by atoms with Crippen molar-refractivity contribution in [1.29, 1.82) is 0 Å². The summed E-state index contributed by atoms with van der Waals surface area (Å²) in [7, 11) is 1.54. The number of hydrogen-bond acceptors (Lipinski definition) is 12. The number of fused-ring (bicyclic) bond motifs is 1. The molecular formula is C35H34O12. The van der Waals surface area contributed by atoms with E-state index < -0.39 is 78.6 Å². The molecule has 0 spiro atoms. The van der Waals surface area contributed by atoms with Crippen LogP contribution in [0.1, 0.15) is 59.9 Å². The van der Waals surface area contributed by atoms with Crippen molar-refractivity contribution in [2.75, 3.05) is 13.7 Å². The summed E-state index contributed by atoms with van der Waals surface area (Å²) in [4.78, 5) is 77.5. The van der Waals surface area contributed by atoms with E-state index in [-0.39, 0.29) is 28.1 Å². The van der Waals surface area contributed by atoms with Crippen LogP contribution in [0.15, 0.2) is 71.8 Å². The molecule has 2 aromatic rings. The second-order valence-electron chi connectivity index (χ2n) is 11.4. The Bertz CT molecular complexity index is 1670. The molecule has 0 amide bonds. The number of carbonyl (C=O) groups is 6. The van der Waals surface area contributed by atoms with E-state index in [4.69, 9.17) is 28.4 Å². The standard InChI is InChI=1S/C35H34O12/c1-17(36)43-16-27-33(44-18(2)37)35(46-20(4)39)34(45-19(3)38)32(47-27)26-15-14-23(21-10-12-22(42-5)13-11-21)28-29(26)31(41)25-9-7-6-8-24(25)30(28)40/h6-15,23,26-27,32-35H,16H2,1-5H3/t23?,26?,27-,32+,33-,34-,35+/m1/s1. The summed E-state index contributed by atoms with van der Waals surface area (Å²) >= 11 is 0. The molecule has 12 nitrogen and oxygen atoms in total. The van der Waals surface area contributed by atoms with E-state index in [2.05, 4.69) is 0 Å². The molecule has 2 aliphatic carbocycles. The number of esters is 4. The van der Waals surface area contributed by atoms with Gasteiger partial charge in [-0.1, -0.05) is 48.6 Å². The average molecular weight is 647 g/mol. The van der Waals surface area contributed by atoms with Gasteiger partial charge in [0.1, 0.15) is 24.6 Å². The van der Waals surface area contributed by atoms with Crippen LogP contribution in [0.2, 0.25) is 0 Å². The van der Waals surface area contributed by atoms with Crippen LogP contribution >= 0.6 is 0 Å². The molecular weight excluding hydrogens is 612 g/mol. The molecule has 47 heavy (non-hydrogen) atoms. The molecule has 1 fully saturated rings. The van der Waals surface area contributed by atoms with Crippen molar-refractivity contribution >= 4 is 35.4 Å². The number of ether oxygens (including phenoxy) is 6. The number of carbonyl (C=O) groups excluding carboxylic acids is 6. The van der Waals surface area contributed by atoms with E-state index in [1.54, 1.807) is 60.7 Å². The second kappa shape index (κ2) is 13.7. The Morgan fingerprint density at radius 3 is 1.79 bits per heavy atom. The molecule has 5 rings (SSSR count). The van der Waals surface area contributed by atoms with Crippen molar-refractivity contribution in [1.82, 2.24) is 0 Å². The highest BCUT2D eigenvalue weighted by Crippen LogP contribution is 2.46. The maximum atomic E-state index is 14.4. The minimum atomic E-state index is -1.43. The van der Waals surface area contributed by atoms with Crippen molar-refractivity contribution < 1.29 is 57.2 Å². The van der Waals surface area contributed by atoms with Crippen molar-refractivity contribution in [3.8, 4) is 5.75 Å². The summed E-state index contributed by atoms with van der Waals surface area (Å²) in [5, 5.41) is 0. The Hall–Kier alpha value is -5.10. The number of rotatable bonds is 8. The molecule has 1 aliphatic heterocycles. The topological polar surface area (TPSA) is 158 Å². The maximum absolute atomic E-state index is 14.4. The lowest BCUT2D eigenvalue weighted by atomic mass is 9.67. The zero-order valence-corrected chi connectivity index (χ0v) is 26.4. The second-order valence-corrected chi connectivity index (χ2v) is 11.4. The van der Waals surface area contributed by atoms with Gasteiger partial charge in [0.2, 0.25) is 0 Å². The monoisotopic (exact) mass is 646 g/mol. The van der Waals surface area contributed by atoms with Crippen LogP contribution in [0.4, 0.5) is 0 Å². The molecule has 0 bridgehead atoms. The SMILES string of the molecule is COc1ccc(C2C=CC([C@@H]3O[C@H](COC(C)=O)[C@@H](OC(C)=O)[C@H](OC(C)=O)[C@@H]3OC(C)=O)C3=C2C(=O)c2ccccc2C3=O)cc1. The maximum Gasteiger partial charge on any atom is 0.303 e. The van der Waals surface area contributed by atoms with Crippen LogP contribution in [0.5, 0.6) is 5.75 Å². The van der Waals surface area contributed by atoms with Gasteiger partial charge >= 0.3 is 23.9 Å². The van der Waals surface area contributed by atoms with E-state index >= 15 is 0 Å². The van der Waals surface area contributed by atoms with Crippen LogP contribution in [-0.2, 0) is 42.9 Å². The Labute approximate surface area is 270 Å². The first-order chi connectivity index (χ1) is 22.4. The molecule has 246 valence electrons. The van der Waals surface area contributed by atoms with Crippen molar-refractivity contribution in [2.45, 2.75) is 64.1 Å². The van der Waals surface area contributed by atoms with E-state index in [1.807, 2.05) is 0 Å². The van der Waals surface area contributed by atoms with Crippen LogP contribution in [-0.4, -0.2) is 79.7 Å². The summed E-state index contributed by atoms with van der Waals surface area (Å²) < 4.78 is 33.7. The van der Waals surface area contributed by atoms with Gasteiger partial charge in [0, 0.05) is 61.8 Å². The molecule has 1 saturated heterocycles. The van der Waals surface area contributed by atoms with Gasteiger partial charge in [-0.25, -0.2) is 0 Å². The first-order valence-electron chi connectivity index (χ1n) is 15.0. The Morgan fingerprint density at radius 1 is 0.681 bits per heavy atom. The van der Waals surface area contributed by atoms with Gasteiger partial charge < -0.3 is 28.4 Å². The molecule has 0 N–H and O–H groups in total. The first-order valence-corrected chi connectivity index (χ1v) is 15.0. The number of Topliss-reactive ketones (excluding diaryl/α,β-unsaturated/α-hetero) is 2. The fraction of sp³-hybridized carbons (Fsp3) is 0.371. The molecule has 0 saturated carbocycles. The zero-order valence-electron chi connectivity index (χ0n) is 26.4. The van der Waals surface area contributed by atoms with Crippen LogP contribution in [0.25, 0.3) is 0 Å². The van der Waals surface area contributed by atoms with E-state index in [0.717, 1.165) is 26.3 Å². The largest absolute Gasteiger partial charge is 0.497 e. The number of benzene rings is 2. The number of hydrogen-bond donors (Lipinski definition) is 0. The zero-order chi connectivity index (χ0) is 34.0. The van der Waals surface area contributed by atoms with Gasteiger partial charge in [0.25, 0.3) is 0 Å². The smallest absolute Gasteiger partial charge is 0.303 e. The summed E-state index contributed by atoms with van der Waals surface area (Å²) in [6.45, 7) is 4.14. The summed E-state index contributed by atoms with van der Waals surface area (Å²) in [5.74, 6) is -4.84. The van der Waals surface area contributed by atoms with Crippen molar-refractivity contribution in [3.05, 3.63) is 88.5 Å². The third-order valence-electron chi connectivity index (χ3n) is 8.21.